The summed E-state index contributed by atoms with van der Waals surface area (Å²) in [7, 11) is -3.82. The molecule has 0 fully saturated rings. The first-order valence-electron chi connectivity index (χ1n) is 3.44. The van der Waals surface area contributed by atoms with Gasteiger partial charge in [0.15, 0.2) is 0 Å². The second-order valence-electron chi connectivity index (χ2n) is 2.23. The molecule has 0 radical (unpaired) electrons. The predicted octanol–water partition coefficient (Wildman–Crippen LogP) is -0.807. The van der Waals surface area contributed by atoms with E-state index in [2.05, 4.69) is 4.28 Å². The standard InChI is InChI=1S/C6H7NO5S/c1-2-13(10,11)12-7-5(8)3-4-6(7)9/h3-4H,2H2,1H3. The number of carbonyl (C=O) groups excluding carboxylic acids is 2. The molecule has 72 valence electrons. The highest BCUT2D eigenvalue weighted by Gasteiger charge is 2.29. The fraction of sp³-hybridized carbons (Fsp3) is 0.333. The molecule has 13 heavy (non-hydrogen) atoms. The zero-order valence-corrected chi connectivity index (χ0v) is 7.58. The third kappa shape index (κ3) is 2.13. The Balaban J connectivity index is 2.77. The molecular formula is C6H7NO5S. The van der Waals surface area contributed by atoms with Crippen molar-refractivity contribution in [1.29, 1.82) is 0 Å². The maximum Gasteiger partial charge on any atom is 0.288 e. The Hall–Kier alpha value is -1.21. The first kappa shape index (κ1) is 9.87. The molecule has 1 aliphatic heterocycles. The lowest BCUT2D eigenvalue weighted by molar-refractivity contribution is -0.161. The molecule has 1 rings (SSSR count). The first-order valence-corrected chi connectivity index (χ1v) is 5.02. The largest absolute Gasteiger partial charge is 0.288 e. The van der Waals surface area contributed by atoms with E-state index in [1.165, 1.54) is 6.92 Å². The molecule has 0 aromatic rings. The van der Waals surface area contributed by atoms with Gasteiger partial charge in [0.05, 0.1) is 5.75 Å². The molecule has 0 aromatic heterocycles. The van der Waals surface area contributed by atoms with Crippen LogP contribution in [0.15, 0.2) is 12.2 Å². The van der Waals surface area contributed by atoms with E-state index in [0.29, 0.717) is 0 Å². The normalized spacial score (nSPS) is 17.2. The van der Waals surface area contributed by atoms with E-state index in [1.807, 2.05) is 0 Å². The van der Waals surface area contributed by atoms with Crippen LogP contribution in [0.5, 0.6) is 0 Å². The number of amides is 2. The van der Waals surface area contributed by atoms with E-state index in [0.717, 1.165) is 12.2 Å². The summed E-state index contributed by atoms with van der Waals surface area (Å²) in [6, 6.07) is 0. The van der Waals surface area contributed by atoms with Gasteiger partial charge in [-0.05, 0) is 6.92 Å². The number of hydroxylamine groups is 2. The minimum Gasteiger partial charge on any atom is -0.267 e. The van der Waals surface area contributed by atoms with Gasteiger partial charge in [-0.1, -0.05) is 0 Å². The van der Waals surface area contributed by atoms with Gasteiger partial charge in [-0.2, -0.15) is 8.42 Å². The monoisotopic (exact) mass is 205 g/mol. The number of hydrogen-bond donors (Lipinski definition) is 0. The Morgan fingerprint density at radius 1 is 1.31 bits per heavy atom. The molecule has 0 atom stereocenters. The maximum absolute atomic E-state index is 10.9. The highest BCUT2D eigenvalue weighted by atomic mass is 32.2. The summed E-state index contributed by atoms with van der Waals surface area (Å²) in [5, 5.41) is 0.207. The predicted molar refractivity (Wildman–Crippen MR) is 41.5 cm³/mol. The van der Waals surface area contributed by atoms with Gasteiger partial charge in [-0.15, -0.1) is 9.35 Å². The second-order valence-corrected chi connectivity index (χ2v) is 4.07. The van der Waals surface area contributed by atoms with Crippen molar-refractivity contribution in [3.63, 3.8) is 0 Å². The summed E-state index contributed by atoms with van der Waals surface area (Å²) >= 11 is 0. The summed E-state index contributed by atoms with van der Waals surface area (Å²) in [5.41, 5.74) is 0. The third-order valence-electron chi connectivity index (χ3n) is 1.31. The van der Waals surface area contributed by atoms with Crippen molar-refractivity contribution >= 4 is 21.9 Å². The molecule has 0 saturated heterocycles. The van der Waals surface area contributed by atoms with Gasteiger partial charge in [-0.3, -0.25) is 9.59 Å². The number of rotatable bonds is 3. The van der Waals surface area contributed by atoms with Crippen LogP contribution < -0.4 is 0 Å². The molecule has 6 nitrogen and oxygen atoms in total. The number of hydrogen-bond acceptors (Lipinski definition) is 5. The Kier molecular flexibility index (Phi) is 2.48. The van der Waals surface area contributed by atoms with Gasteiger partial charge in [0.2, 0.25) is 0 Å². The van der Waals surface area contributed by atoms with Crippen molar-refractivity contribution in [3.8, 4) is 0 Å². The van der Waals surface area contributed by atoms with E-state index < -0.39 is 21.9 Å². The zero-order chi connectivity index (χ0) is 10.1. The lowest BCUT2D eigenvalue weighted by atomic mass is 10.6. The van der Waals surface area contributed by atoms with Crippen LogP contribution in [0.2, 0.25) is 0 Å². The molecule has 0 bridgehead atoms. The van der Waals surface area contributed by atoms with Crippen molar-refractivity contribution in [3.05, 3.63) is 12.2 Å². The molecular weight excluding hydrogens is 198 g/mol. The van der Waals surface area contributed by atoms with Gasteiger partial charge < -0.3 is 0 Å². The summed E-state index contributed by atoms with van der Waals surface area (Å²) in [6.45, 7) is 1.34. The molecule has 1 aliphatic rings. The molecule has 2 amide bonds. The van der Waals surface area contributed by atoms with E-state index in [-0.39, 0.29) is 10.8 Å². The molecule has 7 heteroatoms. The first-order chi connectivity index (χ1) is 5.96. The van der Waals surface area contributed by atoms with Crippen LogP contribution in [-0.2, 0) is 24.0 Å². The van der Waals surface area contributed by atoms with Crippen molar-refractivity contribution in [2.24, 2.45) is 0 Å². The zero-order valence-electron chi connectivity index (χ0n) is 6.76. The van der Waals surface area contributed by atoms with E-state index >= 15 is 0 Å². The third-order valence-corrected chi connectivity index (χ3v) is 2.39. The average Bonchev–Trinajstić information content (AvgIpc) is 2.36. The van der Waals surface area contributed by atoms with Crippen LogP contribution in [0.25, 0.3) is 0 Å². The highest BCUT2D eigenvalue weighted by Crippen LogP contribution is 2.07. The van der Waals surface area contributed by atoms with Crippen LogP contribution in [0.4, 0.5) is 0 Å². The Bertz CT molecular complexity index is 350. The van der Waals surface area contributed by atoms with Crippen molar-refractivity contribution < 1.29 is 22.3 Å². The van der Waals surface area contributed by atoms with Crippen LogP contribution in [0, 0.1) is 0 Å². The van der Waals surface area contributed by atoms with Crippen molar-refractivity contribution in [2.45, 2.75) is 6.92 Å². The molecule has 0 N–H and O–H groups in total. The summed E-state index contributed by atoms with van der Waals surface area (Å²) in [4.78, 5) is 21.6. The summed E-state index contributed by atoms with van der Waals surface area (Å²) in [6.07, 6.45) is 1.88. The molecule has 0 aliphatic carbocycles. The average molecular weight is 205 g/mol. The van der Waals surface area contributed by atoms with Crippen LogP contribution >= 0.6 is 0 Å². The number of imide groups is 1. The Morgan fingerprint density at radius 2 is 1.77 bits per heavy atom. The molecule has 0 unspecified atom stereocenters. The Morgan fingerprint density at radius 3 is 2.15 bits per heavy atom. The SMILES string of the molecule is CCS(=O)(=O)ON1C(=O)C=CC1=O. The molecule has 0 spiro atoms. The lowest BCUT2D eigenvalue weighted by Gasteiger charge is -2.11. The minimum atomic E-state index is -3.82. The van der Waals surface area contributed by atoms with Crippen LogP contribution in [-0.4, -0.2) is 31.0 Å². The topological polar surface area (TPSA) is 80.8 Å². The summed E-state index contributed by atoms with van der Waals surface area (Å²) in [5.74, 6) is -1.88. The molecule has 0 aromatic carbocycles. The van der Waals surface area contributed by atoms with E-state index in [4.69, 9.17) is 0 Å². The number of carbonyl (C=O) groups is 2. The molecule has 0 saturated carbocycles. The van der Waals surface area contributed by atoms with Crippen molar-refractivity contribution in [1.82, 2.24) is 5.06 Å². The smallest absolute Gasteiger partial charge is 0.267 e. The summed E-state index contributed by atoms with van der Waals surface area (Å²) < 4.78 is 25.9. The maximum atomic E-state index is 10.9. The van der Waals surface area contributed by atoms with Crippen LogP contribution in [0.1, 0.15) is 6.92 Å². The van der Waals surface area contributed by atoms with Crippen LogP contribution in [0.3, 0.4) is 0 Å². The van der Waals surface area contributed by atoms with Crippen molar-refractivity contribution in [2.75, 3.05) is 5.75 Å². The van der Waals surface area contributed by atoms with E-state index in [9.17, 15) is 18.0 Å². The minimum absolute atomic E-state index is 0.207. The Labute approximate surface area is 74.9 Å². The number of nitrogens with zero attached hydrogens (tertiary/aromatic N) is 1. The molecule has 1 heterocycles. The fourth-order valence-electron chi connectivity index (χ4n) is 0.626. The van der Waals surface area contributed by atoms with Gasteiger partial charge in [0.1, 0.15) is 0 Å². The van der Waals surface area contributed by atoms with Gasteiger partial charge in [0.25, 0.3) is 21.9 Å². The van der Waals surface area contributed by atoms with E-state index in [1.54, 1.807) is 0 Å². The van der Waals surface area contributed by atoms with Gasteiger partial charge in [0, 0.05) is 12.2 Å². The van der Waals surface area contributed by atoms with Gasteiger partial charge >= 0.3 is 0 Å². The second kappa shape index (κ2) is 3.27. The van der Waals surface area contributed by atoms with Gasteiger partial charge in [-0.25, -0.2) is 0 Å². The quantitative estimate of drug-likeness (QED) is 0.563. The fourth-order valence-corrected chi connectivity index (χ4v) is 1.11. The highest BCUT2D eigenvalue weighted by molar-refractivity contribution is 7.86. The lowest BCUT2D eigenvalue weighted by Crippen LogP contribution is -2.33.